The zero-order chi connectivity index (χ0) is 14.5. The molecule has 6 heteroatoms. The van der Waals surface area contributed by atoms with Crippen molar-refractivity contribution in [1.29, 1.82) is 0 Å². The number of carbonyl (C=O) groups is 2. The van der Waals surface area contributed by atoms with Crippen molar-refractivity contribution in [2.24, 2.45) is 0 Å². The van der Waals surface area contributed by atoms with Crippen LogP contribution in [0.1, 0.15) is 26.4 Å². The van der Waals surface area contributed by atoms with Crippen LogP contribution in [0.5, 0.6) is 0 Å². The molecule has 0 spiro atoms. The molecular weight excluding hydrogens is 280 g/mol. The van der Waals surface area contributed by atoms with E-state index in [0.717, 1.165) is 5.56 Å². The third-order valence-electron chi connectivity index (χ3n) is 2.60. The Bertz CT molecular complexity index is 641. The number of aromatic nitrogens is 1. The minimum Gasteiger partial charge on any atom is -0.478 e. The average Bonchev–Trinajstić information content (AvgIpc) is 2.45. The van der Waals surface area contributed by atoms with E-state index < -0.39 is 5.97 Å². The molecule has 0 aliphatic heterocycles. The highest BCUT2D eigenvalue weighted by molar-refractivity contribution is 6.29. The minimum atomic E-state index is -0.983. The number of carbonyl (C=O) groups excluding carboxylic acids is 1. The lowest BCUT2D eigenvalue weighted by Crippen LogP contribution is -2.23. The van der Waals surface area contributed by atoms with E-state index in [-0.39, 0.29) is 28.9 Å². The molecule has 0 bridgehead atoms. The van der Waals surface area contributed by atoms with Gasteiger partial charge in [0.1, 0.15) is 10.8 Å². The molecule has 2 rings (SSSR count). The van der Waals surface area contributed by atoms with Crippen LogP contribution in [0.2, 0.25) is 5.15 Å². The van der Waals surface area contributed by atoms with Crippen molar-refractivity contribution in [3.63, 3.8) is 0 Å². The third-order valence-corrected chi connectivity index (χ3v) is 2.81. The van der Waals surface area contributed by atoms with Crippen molar-refractivity contribution < 1.29 is 14.7 Å². The largest absolute Gasteiger partial charge is 0.478 e. The minimum absolute atomic E-state index is 0.205. The number of aromatic carboxylic acids is 1. The van der Waals surface area contributed by atoms with Crippen LogP contribution in [-0.4, -0.2) is 22.0 Å². The summed E-state index contributed by atoms with van der Waals surface area (Å²) in [6.07, 6.45) is 0. The molecular formula is C14H11ClN2O3. The Morgan fingerprint density at radius 3 is 2.45 bits per heavy atom. The van der Waals surface area contributed by atoms with Gasteiger partial charge >= 0.3 is 5.97 Å². The second kappa shape index (κ2) is 6.16. The van der Waals surface area contributed by atoms with Crippen molar-refractivity contribution in [2.45, 2.75) is 6.54 Å². The number of pyridine rings is 1. The molecule has 1 amide bonds. The van der Waals surface area contributed by atoms with Crippen molar-refractivity contribution in [1.82, 2.24) is 10.3 Å². The van der Waals surface area contributed by atoms with E-state index in [1.54, 1.807) is 30.3 Å². The second-order valence-corrected chi connectivity index (χ2v) is 4.42. The maximum absolute atomic E-state index is 11.8. The van der Waals surface area contributed by atoms with Crippen molar-refractivity contribution in [3.05, 3.63) is 64.4 Å². The molecule has 102 valence electrons. The molecule has 0 saturated heterocycles. The molecule has 1 aromatic heterocycles. The highest BCUT2D eigenvalue weighted by atomic mass is 35.5. The lowest BCUT2D eigenvalue weighted by molar-refractivity contribution is 0.0696. The quantitative estimate of drug-likeness (QED) is 0.847. The van der Waals surface area contributed by atoms with Crippen molar-refractivity contribution >= 4 is 23.5 Å². The van der Waals surface area contributed by atoms with E-state index in [2.05, 4.69) is 10.3 Å². The standard InChI is InChI=1S/C14H11ClN2O3/c15-12-3-1-2-11(17-12)13(18)16-8-9-4-6-10(7-5-9)14(19)20/h1-7H,8H2,(H,16,18)(H,19,20). The fourth-order valence-electron chi connectivity index (χ4n) is 1.57. The van der Waals surface area contributed by atoms with Crippen LogP contribution in [0.4, 0.5) is 0 Å². The Balaban J connectivity index is 1.98. The first-order chi connectivity index (χ1) is 9.56. The lowest BCUT2D eigenvalue weighted by atomic mass is 10.1. The Morgan fingerprint density at radius 2 is 1.85 bits per heavy atom. The Morgan fingerprint density at radius 1 is 1.15 bits per heavy atom. The molecule has 0 radical (unpaired) electrons. The monoisotopic (exact) mass is 290 g/mol. The fraction of sp³-hybridized carbons (Fsp3) is 0.0714. The predicted octanol–water partition coefficient (Wildman–Crippen LogP) is 2.36. The number of carboxylic acid groups (broad SMARTS) is 1. The van der Waals surface area contributed by atoms with Gasteiger partial charge in [-0.05, 0) is 29.8 Å². The van der Waals surface area contributed by atoms with Gasteiger partial charge in [0.05, 0.1) is 5.56 Å². The summed E-state index contributed by atoms with van der Waals surface area (Å²) in [5.41, 5.74) is 1.24. The van der Waals surface area contributed by atoms with E-state index in [4.69, 9.17) is 16.7 Å². The van der Waals surface area contributed by atoms with Gasteiger partial charge in [-0.2, -0.15) is 0 Å². The summed E-state index contributed by atoms with van der Waals surface area (Å²) in [4.78, 5) is 26.4. The van der Waals surface area contributed by atoms with Crippen LogP contribution >= 0.6 is 11.6 Å². The molecule has 2 N–H and O–H groups in total. The number of rotatable bonds is 4. The van der Waals surface area contributed by atoms with Crippen LogP contribution < -0.4 is 5.32 Å². The molecule has 5 nitrogen and oxygen atoms in total. The molecule has 0 fully saturated rings. The summed E-state index contributed by atoms with van der Waals surface area (Å²) in [5, 5.41) is 11.7. The number of hydrogen-bond acceptors (Lipinski definition) is 3. The van der Waals surface area contributed by atoms with E-state index in [0.29, 0.717) is 0 Å². The highest BCUT2D eigenvalue weighted by Gasteiger charge is 2.07. The molecule has 0 saturated carbocycles. The normalized spacial score (nSPS) is 10.1. The molecule has 1 aromatic carbocycles. The molecule has 0 atom stereocenters. The van der Waals surface area contributed by atoms with Gasteiger partial charge in [-0.15, -0.1) is 0 Å². The molecule has 0 aliphatic carbocycles. The summed E-state index contributed by atoms with van der Waals surface area (Å²) in [6, 6.07) is 11.1. The Kier molecular flexibility index (Phi) is 4.32. The number of hydrogen-bond donors (Lipinski definition) is 2. The molecule has 1 heterocycles. The van der Waals surface area contributed by atoms with Gasteiger partial charge in [-0.25, -0.2) is 9.78 Å². The first kappa shape index (κ1) is 14.0. The smallest absolute Gasteiger partial charge is 0.335 e. The average molecular weight is 291 g/mol. The van der Waals surface area contributed by atoms with Crippen LogP contribution in [0.15, 0.2) is 42.5 Å². The van der Waals surface area contributed by atoms with Gasteiger partial charge in [-0.1, -0.05) is 29.8 Å². The van der Waals surface area contributed by atoms with E-state index in [1.807, 2.05) is 0 Å². The topological polar surface area (TPSA) is 79.3 Å². The number of nitrogens with one attached hydrogen (secondary N) is 1. The predicted molar refractivity (Wildman–Crippen MR) is 73.8 cm³/mol. The fourth-order valence-corrected chi connectivity index (χ4v) is 1.74. The number of nitrogens with zero attached hydrogens (tertiary/aromatic N) is 1. The summed E-state index contributed by atoms with van der Waals surface area (Å²) < 4.78 is 0. The maximum atomic E-state index is 11.8. The third kappa shape index (κ3) is 3.55. The van der Waals surface area contributed by atoms with E-state index in [1.165, 1.54) is 12.1 Å². The SMILES string of the molecule is O=C(O)c1ccc(CNC(=O)c2cccc(Cl)n2)cc1. The van der Waals surface area contributed by atoms with Gasteiger partial charge in [-0.3, -0.25) is 4.79 Å². The Labute approximate surface area is 120 Å². The summed E-state index contributed by atoms with van der Waals surface area (Å²) in [7, 11) is 0. The summed E-state index contributed by atoms with van der Waals surface area (Å²) in [6.45, 7) is 0.285. The van der Waals surface area contributed by atoms with Crippen LogP contribution in [0.3, 0.4) is 0 Å². The van der Waals surface area contributed by atoms with Crippen molar-refractivity contribution in [3.8, 4) is 0 Å². The highest BCUT2D eigenvalue weighted by Crippen LogP contribution is 2.07. The first-order valence-electron chi connectivity index (χ1n) is 5.79. The molecule has 0 aliphatic rings. The van der Waals surface area contributed by atoms with Gasteiger partial charge in [0.2, 0.25) is 0 Å². The summed E-state index contributed by atoms with van der Waals surface area (Å²) >= 11 is 5.71. The molecule has 0 unspecified atom stereocenters. The number of carboxylic acids is 1. The van der Waals surface area contributed by atoms with Crippen LogP contribution in [-0.2, 0) is 6.54 Å². The molecule has 2 aromatic rings. The van der Waals surface area contributed by atoms with Crippen LogP contribution in [0.25, 0.3) is 0 Å². The van der Waals surface area contributed by atoms with E-state index >= 15 is 0 Å². The van der Waals surface area contributed by atoms with Gasteiger partial charge in [0, 0.05) is 6.54 Å². The second-order valence-electron chi connectivity index (χ2n) is 4.03. The molecule has 20 heavy (non-hydrogen) atoms. The number of halogens is 1. The maximum Gasteiger partial charge on any atom is 0.335 e. The number of amides is 1. The van der Waals surface area contributed by atoms with Crippen molar-refractivity contribution in [2.75, 3.05) is 0 Å². The number of benzene rings is 1. The lowest BCUT2D eigenvalue weighted by Gasteiger charge is -2.05. The Hall–Kier alpha value is -2.40. The van der Waals surface area contributed by atoms with Gasteiger partial charge in [0.25, 0.3) is 5.91 Å². The zero-order valence-corrected chi connectivity index (χ0v) is 11.1. The van der Waals surface area contributed by atoms with E-state index in [9.17, 15) is 9.59 Å². The van der Waals surface area contributed by atoms with Gasteiger partial charge < -0.3 is 10.4 Å². The zero-order valence-electron chi connectivity index (χ0n) is 10.3. The van der Waals surface area contributed by atoms with Crippen LogP contribution in [0, 0.1) is 0 Å². The van der Waals surface area contributed by atoms with Gasteiger partial charge in [0.15, 0.2) is 0 Å². The first-order valence-corrected chi connectivity index (χ1v) is 6.17. The summed E-state index contributed by atoms with van der Waals surface area (Å²) in [5.74, 6) is -1.32.